The van der Waals surface area contributed by atoms with Crippen molar-refractivity contribution in [3.05, 3.63) is 0 Å². The first-order valence-corrected chi connectivity index (χ1v) is 6.00. The molecule has 5 heteroatoms. The van der Waals surface area contributed by atoms with Crippen molar-refractivity contribution in [2.45, 2.75) is 31.5 Å². The zero-order valence-electron chi connectivity index (χ0n) is 9.56. The molecule has 2 atom stereocenters. The molecule has 0 saturated carbocycles. The van der Waals surface area contributed by atoms with Crippen molar-refractivity contribution in [3.8, 4) is 0 Å². The molecule has 0 bridgehead atoms. The van der Waals surface area contributed by atoms with E-state index in [1.54, 1.807) is 0 Å². The lowest BCUT2D eigenvalue weighted by atomic mass is 10.1. The van der Waals surface area contributed by atoms with Crippen molar-refractivity contribution in [2.75, 3.05) is 32.8 Å². The van der Waals surface area contributed by atoms with Gasteiger partial charge in [-0.1, -0.05) is 0 Å². The highest BCUT2D eigenvalue weighted by Crippen LogP contribution is 2.17. The van der Waals surface area contributed by atoms with Crippen molar-refractivity contribution >= 4 is 5.91 Å². The van der Waals surface area contributed by atoms with Gasteiger partial charge >= 0.3 is 0 Å². The predicted molar refractivity (Wildman–Crippen MR) is 59.0 cm³/mol. The van der Waals surface area contributed by atoms with Crippen LogP contribution >= 0.6 is 0 Å². The topological polar surface area (TPSA) is 64.8 Å². The lowest BCUT2D eigenvalue weighted by Crippen LogP contribution is -2.48. The average molecular weight is 228 g/mol. The van der Waals surface area contributed by atoms with Crippen LogP contribution in [0.4, 0.5) is 0 Å². The normalized spacial score (nSPS) is 30.7. The van der Waals surface area contributed by atoms with Crippen LogP contribution in [0.1, 0.15) is 19.3 Å². The second-order valence-corrected chi connectivity index (χ2v) is 4.41. The zero-order chi connectivity index (χ0) is 11.4. The van der Waals surface area contributed by atoms with E-state index >= 15 is 0 Å². The SMILES string of the molecule is NCC1CN(C(=O)CC2CCCO2)CCO1. The summed E-state index contributed by atoms with van der Waals surface area (Å²) in [4.78, 5) is 13.8. The summed E-state index contributed by atoms with van der Waals surface area (Å²) in [7, 11) is 0. The van der Waals surface area contributed by atoms with Crippen LogP contribution < -0.4 is 5.73 Å². The predicted octanol–water partition coefficient (Wildman–Crippen LogP) is -0.258. The fourth-order valence-corrected chi connectivity index (χ4v) is 2.22. The quantitative estimate of drug-likeness (QED) is 0.723. The van der Waals surface area contributed by atoms with E-state index in [-0.39, 0.29) is 18.1 Å². The first-order chi connectivity index (χ1) is 7.79. The minimum Gasteiger partial charge on any atom is -0.378 e. The molecule has 2 aliphatic rings. The van der Waals surface area contributed by atoms with Crippen LogP contribution in [0.2, 0.25) is 0 Å². The lowest BCUT2D eigenvalue weighted by molar-refractivity contribution is -0.140. The van der Waals surface area contributed by atoms with Gasteiger partial charge in [-0.15, -0.1) is 0 Å². The van der Waals surface area contributed by atoms with E-state index in [0.29, 0.717) is 32.7 Å². The lowest BCUT2D eigenvalue weighted by Gasteiger charge is -2.32. The number of nitrogens with zero attached hydrogens (tertiary/aromatic N) is 1. The van der Waals surface area contributed by atoms with Crippen molar-refractivity contribution in [2.24, 2.45) is 5.73 Å². The molecular formula is C11H20N2O3. The van der Waals surface area contributed by atoms with Crippen LogP contribution in [0, 0.1) is 0 Å². The number of nitrogens with two attached hydrogens (primary N) is 1. The van der Waals surface area contributed by atoms with Crippen LogP contribution in [-0.2, 0) is 14.3 Å². The van der Waals surface area contributed by atoms with Crippen molar-refractivity contribution in [1.29, 1.82) is 0 Å². The minimum atomic E-state index is 0.00203. The second kappa shape index (κ2) is 5.61. The number of ether oxygens (including phenoxy) is 2. The Hall–Kier alpha value is -0.650. The molecule has 2 heterocycles. The molecule has 5 nitrogen and oxygen atoms in total. The fraction of sp³-hybridized carbons (Fsp3) is 0.909. The zero-order valence-corrected chi connectivity index (χ0v) is 9.56. The number of rotatable bonds is 3. The van der Waals surface area contributed by atoms with Crippen LogP contribution in [-0.4, -0.2) is 55.9 Å². The fourth-order valence-electron chi connectivity index (χ4n) is 2.22. The Balaban J connectivity index is 1.79. The molecule has 2 saturated heterocycles. The molecule has 0 spiro atoms. The molecule has 2 N–H and O–H groups in total. The molecule has 0 aromatic carbocycles. The number of amides is 1. The summed E-state index contributed by atoms with van der Waals surface area (Å²) < 4.78 is 10.9. The first-order valence-electron chi connectivity index (χ1n) is 6.00. The minimum absolute atomic E-state index is 0.00203. The molecular weight excluding hydrogens is 208 g/mol. The van der Waals surface area contributed by atoms with Gasteiger partial charge in [-0.05, 0) is 12.8 Å². The van der Waals surface area contributed by atoms with Crippen LogP contribution in [0.3, 0.4) is 0 Å². The van der Waals surface area contributed by atoms with E-state index in [1.807, 2.05) is 4.90 Å². The van der Waals surface area contributed by atoms with Gasteiger partial charge < -0.3 is 20.1 Å². The van der Waals surface area contributed by atoms with Gasteiger partial charge in [0.25, 0.3) is 0 Å². The largest absolute Gasteiger partial charge is 0.378 e. The molecule has 2 fully saturated rings. The Labute approximate surface area is 95.9 Å². The Morgan fingerprint density at radius 3 is 2.81 bits per heavy atom. The third kappa shape index (κ3) is 2.93. The third-order valence-electron chi connectivity index (χ3n) is 3.18. The summed E-state index contributed by atoms with van der Waals surface area (Å²) >= 11 is 0. The second-order valence-electron chi connectivity index (χ2n) is 4.41. The van der Waals surface area contributed by atoms with Crippen LogP contribution in [0.5, 0.6) is 0 Å². The van der Waals surface area contributed by atoms with E-state index in [1.165, 1.54) is 0 Å². The maximum atomic E-state index is 12.0. The smallest absolute Gasteiger partial charge is 0.225 e. The van der Waals surface area contributed by atoms with Gasteiger partial charge in [-0.25, -0.2) is 0 Å². The highest BCUT2D eigenvalue weighted by molar-refractivity contribution is 5.76. The van der Waals surface area contributed by atoms with E-state index in [9.17, 15) is 4.79 Å². The van der Waals surface area contributed by atoms with Crippen molar-refractivity contribution in [1.82, 2.24) is 4.90 Å². The van der Waals surface area contributed by atoms with Gasteiger partial charge in [0.05, 0.1) is 25.2 Å². The summed E-state index contributed by atoms with van der Waals surface area (Å²) in [5, 5.41) is 0. The highest BCUT2D eigenvalue weighted by atomic mass is 16.5. The maximum absolute atomic E-state index is 12.0. The Kier molecular flexibility index (Phi) is 4.15. The van der Waals surface area contributed by atoms with Gasteiger partial charge in [-0.2, -0.15) is 0 Å². The number of morpholine rings is 1. The molecule has 1 amide bonds. The van der Waals surface area contributed by atoms with E-state index in [4.69, 9.17) is 15.2 Å². The van der Waals surface area contributed by atoms with E-state index in [2.05, 4.69) is 0 Å². The summed E-state index contributed by atoms with van der Waals surface area (Å²) in [5.41, 5.74) is 5.54. The number of carbonyl (C=O) groups excluding carboxylic acids is 1. The Morgan fingerprint density at radius 2 is 2.12 bits per heavy atom. The summed E-state index contributed by atoms with van der Waals surface area (Å²) in [6.07, 6.45) is 2.73. The third-order valence-corrected chi connectivity index (χ3v) is 3.18. The van der Waals surface area contributed by atoms with Gasteiger partial charge in [-0.3, -0.25) is 4.79 Å². The van der Waals surface area contributed by atoms with Crippen LogP contribution in [0.25, 0.3) is 0 Å². The van der Waals surface area contributed by atoms with Gasteiger partial charge in [0.2, 0.25) is 5.91 Å². The van der Waals surface area contributed by atoms with E-state index < -0.39 is 0 Å². The Bertz CT molecular complexity index is 241. The Morgan fingerprint density at radius 1 is 1.31 bits per heavy atom. The van der Waals surface area contributed by atoms with Gasteiger partial charge in [0.15, 0.2) is 0 Å². The van der Waals surface area contributed by atoms with Crippen molar-refractivity contribution < 1.29 is 14.3 Å². The van der Waals surface area contributed by atoms with Gasteiger partial charge in [0, 0.05) is 26.2 Å². The molecule has 92 valence electrons. The molecule has 2 unspecified atom stereocenters. The molecule has 16 heavy (non-hydrogen) atoms. The van der Waals surface area contributed by atoms with E-state index in [0.717, 1.165) is 19.4 Å². The average Bonchev–Trinajstić information content (AvgIpc) is 2.82. The summed E-state index contributed by atoms with van der Waals surface area (Å²) in [6.45, 7) is 3.18. The molecule has 0 aromatic heterocycles. The molecule has 0 radical (unpaired) electrons. The molecule has 2 rings (SSSR count). The summed E-state index contributed by atoms with van der Waals surface area (Å²) in [6, 6.07) is 0. The molecule has 0 aliphatic carbocycles. The molecule has 0 aromatic rings. The first kappa shape index (κ1) is 11.8. The summed E-state index contributed by atoms with van der Waals surface area (Å²) in [5.74, 6) is 0.175. The molecule has 2 aliphatic heterocycles. The van der Waals surface area contributed by atoms with Crippen LogP contribution in [0.15, 0.2) is 0 Å². The number of hydrogen-bond donors (Lipinski definition) is 1. The van der Waals surface area contributed by atoms with Crippen molar-refractivity contribution in [3.63, 3.8) is 0 Å². The highest BCUT2D eigenvalue weighted by Gasteiger charge is 2.26. The van der Waals surface area contributed by atoms with Gasteiger partial charge in [0.1, 0.15) is 0 Å². The monoisotopic (exact) mass is 228 g/mol. The number of carbonyl (C=O) groups is 1. The number of hydrogen-bond acceptors (Lipinski definition) is 4. The maximum Gasteiger partial charge on any atom is 0.225 e. The standard InChI is InChI=1S/C11H20N2O3/c12-7-10-8-13(3-5-16-10)11(14)6-9-2-1-4-15-9/h9-10H,1-8,12H2.